The zero-order valence-electron chi connectivity index (χ0n) is 10.7. The lowest BCUT2D eigenvalue weighted by Crippen LogP contribution is -2.30. The van der Waals surface area contributed by atoms with Gasteiger partial charge in [0.05, 0.1) is 11.8 Å². The molecule has 0 aliphatic rings. The highest BCUT2D eigenvalue weighted by Gasteiger charge is 2.25. The van der Waals surface area contributed by atoms with Crippen LogP contribution in [0.5, 0.6) is 0 Å². The van der Waals surface area contributed by atoms with E-state index in [9.17, 15) is 15.0 Å². The maximum absolute atomic E-state index is 11.9. The number of nitrogens with zero attached hydrogens (tertiary/aromatic N) is 1. The van der Waals surface area contributed by atoms with E-state index in [1.807, 2.05) is 0 Å². The van der Waals surface area contributed by atoms with Gasteiger partial charge in [0.2, 0.25) is 0 Å². The van der Waals surface area contributed by atoms with Crippen molar-refractivity contribution >= 4 is 18.7 Å². The Kier molecular flexibility index (Phi) is 4.84. The number of carbonyl (C=O) groups excluding carboxylic acids is 1. The maximum atomic E-state index is 11.9. The molecule has 2 N–H and O–H groups in total. The molecular weight excluding hydrogens is 254 g/mol. The molecule has 1 aromatic heterocycles. The zero-order chi connectivity index (χ0) is 13.9. The van der Waals surface area contributed by atoms with Crippen molar-refractivity contribution in [2.45, 2.75) is 38.6 Å². The van der Waals surface area contributed by atoms with Crippen molar-refractivity contribution in [3.63, 3.8) is 0 Å². The number of hydrogen-bond acceptors (Lipinski definition) is 5. The second-order valence-electron chi connectivity index (χ2n) is 4.98. The van der Waals surface area contributed by atoms with E-state index in [0.29, 0.717) is 0 Å². The lowest BCUT2D eigenvalue weighted by atomic mass is 10.1. The molecule has 0 aromatic carbocycles. The van der Waals surface area contributed by atoms with E-state index in [-0.39, 0.29) is 11.4 Å². The van der Waals surface area contributed by atoms with Gasteiger partial charge < -0.3 is 14.9 Å². The summed E-state index contributed by atoms with van der Waals surface area (Å²) in [5.41, 5.74) is -0.336. The molecule has 102 valence electrons. The smallest absolute Gasteiger partial charge is 0.418 e. The summed E-state index contributed by atoms with van der Waals surface area (Å²) in [6.45, 7) is 5.27. The molecule has 1 heterocycles. The van der Waals surface area contributed by atoms with Gasteiger partial charge in [-0.1, -0.05) is 0 Å². The fourth-order valence-corrected chi connectivity index (χ4v) is 1.61. The summed E-state index contributed by atoms with van der Waals surface area (Å²) in [5.74, 6) is 0.0979. The minimum Gasteiger partial charge on any atom is -0.443 e. The summed E-state index contributed by atoms with van der Waals surface area (Å²) in [7, 11) is 0. The third-order valence-corrected chi connectivity index (χ3v) is 2.60. The summed E-state index contributed by atoms with van der Waals surface area (Å²) in [6.07, 6.45) is -1.32. The number of hydrogen-bond donors (Lipinski definition) is 3. The Balaban J connectivity index is 2.92. The normalized spacial score (nSPS) is 15.2. The van der Waals surface area contributed by atoms with Crippen LogP contribution >= 0.6 is 12.6 Å². The number of aromatic nitrogens is 1. The molecule has 0 spiro atoms. The van der Waals surface area contributed by atoms with Crippen LogP contribution in [0.15, 0.2) is 18.3 Å². The van der Waals surface area contributed by atoms with Crippen LogP contribution in [-0.2, 0) is 4.74 Å². The van der Waals surface area contributed by atoms with Gasteiger partial charge in [-0.3, -0.25) is 4.57 Å². The zero-order valence-corrected chi connectivity index (χ0v) is 11.6. The van der Waals surface area contributed by atoms with Crippen molar-refractivity contribution in [3.05, 3.63) is 24.0 Å². The first-order valence-electron chi connectivity index (χ1n) is 5.64. The van der Waals surface area contributed by atoms with Gasteiger partial charge in [-0.25, -0.2) is 4.79 Å². The first-order chi connectivity index (χ1) is 8.26. The van der Waals surface area contributed by atoms with E-state index < -0.39 is 23.9 Å². The summed E-state index contributed by atoms with van der Waals surface area (Å²) >= 11 is 3.91. The molecule has 1 aromatic rings. The fraction of sp³-hybridized carbons (Fsp3) is 0.583. The molecule has 2 atom stereocenters. The molecule has 0 amide bonds. The molecule has 2 unspecified atom stereocenters. The summed E-state index contributed by atoms with van der Waals surface area (Å²) in [6, 6.07) is 3.16. The van der Waals surface area contributed by atoms with Crippen molar-refractivity contribution in [2.24, 2.45) is 0 Å². The Morgan fingerprint density at radius 3 is 2.61 bits per heavy atom. The predicted octanol–water partition coefficient (Wildman–Crippen LogP) is 1.60. The monoisotopic (exact) mass is 273 g/mol. The number of rotatable bonds is 3. The van der Waals surface area contributed by atoms with Crippen LogP contribution < -0.4 is 0 Å². The molecule has 5 nitrogen and oxygen atoms in total. The van der Waals surface area contributed by atoms with Gasteiger partial charge in [0, 0.05) is 11.9 Å². The van der Waals surface area contributed by atoms with Crippen molar-refractivity contribution in [1.82, 2.24) is 4.57 Å². The highest BCUT2D eigenvalue weighted by atomic mass is 32.1. The molecule has 0 saturated carbocycles. The van der Waals surface area contributed by atoms with Crippen molar-refractivity contribution in [1.29, 1.82) is 0 Å². The van der Waals surface area contributed by atoms with Crippen LogP contribution in [0.1, 0.15) is 32.6 Å². The van der Waals surface area contributed by atoms with E-state index in [1.54, 1.807) is 32.9 Å². The highest BCUT2D eigenvalue weighted by Crippen LogP contribution is 2.20. The summed E-state index contributed by atoms with van der Waals surface area (Å²) in [4.78, 5) is 11.9. The number of thiol groups is 1. The van der Waals surface area contributed by atoms with Gasteiger partial charge in [0.15, 0.2) is 0 Å². The van der Waals surface area contributed by atoms with Crippen molar-refractivity contribution in [2.75, 3.05) is 5.75 Å². The van der Waals surface area contributed by atoms with Crippen molar-refractivity contribution in [3.8, 4) is 0 Å². The number of aliphatic hydroxyl groups is 2. The Hall–Kier alpha value is -0.980. The second-order valence-corrected chi connectivity index (χ2v) is 5.34. The standard InChI is InChI=1S/C12H19NO4S/c1-12(2,3)17-11(16)13-6-4-5-8(13)10(15)9(14)7-18/h4-6,9-10,14-15,18H,7H2,1-3H3. The molecule has 0 radical (unpaired) electrons. The third kappa shape index (κ3) is 3.76. The quantitative estimate of drug-likeness (QED) is 0.731. The first-order valence-corrected chi connectivity index (χ1v) is 6.27. The Morgan fingerprint density at radius 2 is 2.11 bits per heavy atom. The average molecular weight is 273 g/mol. The first kappa shape index (κ1) is 15.1. The van der Waals surface area contributed by atoms with Gasteiger partial charge in [0.25, 0.3) is 0 Å². The van der Waals surface area contributed by atoms with E-state index >= 15 is 0 Å². The van der Waals surface area contributed by atoms with Crippen LogP contribution in [0.2, 0.25) is 0 Å². The van der Waals surface area contributed by atoms with Gasteiger partial charge in [-0.2, -0.15) is 12.6 Å². The lowest BCUT2D eigenvalue weighted by molar-refractivity contribution is 0.0243. The molecule has 0 bridgehead atoms. The van der Waals surface area contributed by atoms with Crippen LogP contribution in [0.25, 0.3) is 0 Å². The number of carbonyl (C=O) groups is 1. The molecule has 0 aliphatic carbocycles. The SMILES string of the molecule is CC(C)(C)OC(=O)n1cccc1C(O)C(O)CS. The van der Waals surface area contributed by atoms with Gasteiger partial charge in [0.1, 0.15) is 11.7 Å². The predicted molar refractivity (Wildman–Crippen MR) is 70.9 cm³/mol. The molecule has 18 heavy (non-hydrogen) atoms. The van der Waals surface area contributed by atoms with Crippen LogP contribution in [0.4, 0.5) is 4.79 Å². The molecule has 6 heteroatoms. The lowest BCUT2D eigenvalue weighted by Gasteiger charge is -2.22. The van der Waals surface area contributed by atoms with Crippen LogP contribution in [0, 0.1) is 0 Å². The Morgan fingerprint density at radius 1 is 1.50 bits per heavy atom. The highest BCUT2D eigenvalue weighted by molar-refractivity contribution is 7.80. The Bertz CT molecular complexity index is 410. The van der Waals surface area contributed by atoms with Crippen LogP contribution in [0.3, 0.4) is 0 Å². The Labute approximate surface area is 112 Å². The number of aliphatic hydroxyl groups excluding tert-OH is 2. The molecule has 1 rings (SSSR count). The van der Waals surface area contributed by atoms with E-state index in [0.717, 1.165) is 0 Å². The van der Waals surface area contributed by atoms with Gasteiger partial charge >= 0.3 is 6.09 Å². The minimum atomic E-state index is -1.18. The number of ether oxygens (including phenoxy) is 1. The minimum absolute atomic E-state index is 0.0979. The van der Waals surface area contributed by atoms with Crippen LogP contribution in [-0.4, -0.2) is 38.3 Å². The van der Waals surface area contributed by atoms with Gasteiger partial charge in [-0.15, -0.1) is 0 Å². The van der Waals surface area contributed by atoms with Gasteiger partial charge in [-0.05, 0) is 32.9 Å². The summed E-state index contributed by atoms with van der Waals surface area (Å²) in [5, 5.41) is 19.4. The second kappa shape index (κ2) is 5.77. The summed E-state index contributed by atoms with van der Waals surface area (Å²) < 4.78 is 6.38. The molecule has 0 aliphatic heterocycles. The average Bonchev–Trinajstić information content (AvgIpc) is 2.73. The molecule has 0 fully saturated rings. The third-order valence-electron chi connectivity index (χ3n) is 2.23. The van der Waals surface area contributed by atoms with E-state index in [1.165, 1.54) is 10.8 Å². The van der Waals surface area contributed by atoms with Crippen molar-refractivity contribution < 1.29 is 19.7 Å². The maximum Gasteiger partial charge on any atom is 0.418 e. The largest absolute Gasteiger partial charge is 0.443 e. The van der Waals surface area contributed by atoms with E-state index in [2.05, 4.69) is 12.6 Å². The van der Waals surface area contributed by atoms with E-state index in [4.69, 9.17) is 4.74 Å². The molecular formula is C12H19NO4S. The fourth-order valence-electron chi connectivity index (χ4n) is 1.41. The molecule has 0 saturated heterocycles. The topological polar surface area (TPSA) is 71.7 Å².